The molecular formula is C21H23N3O3S. The van der Waals surface area contributed by atoms with Crippen LogP contribution in [-0.2, 0) is 14.8 Å². The van der Waals surface area contributed by atoms with Gasteiger partial charge in [-0.15, -0.1) is 0 Å². The van der Waals surface area contributed by atoms with Gasteiger partial charge >= 0.3 is 0 Å². The predicted octanol–water partition coefficient (Wildman–Crippen LogP) is 3.29. The molecule has 0 bridgehead atoms. The van der Waals surface area contributed by atoms with Gasteiger partial charge in [0.2, 0.25) is 10.0 Å². The van der Waals surface area contributed by atoms with Crippen LogP contribution in [0, 0.1) is 5.92 Å². The Morgan fingerprint density at radius 2 is 1.50 bits per heavy atom. The van der Waals surface area contributed by atoms with Crippen molar-refractivity contribution in [3.8, 4) is 0 Å². The molecule has 0 spiro atoms. The molecule has 1 amide bonds. The molecule has 0 radical (unpaired) electrons. The van der Waals surface area contributed by atoms with E-state index in [9.17, 15) is 13.2 Å². The van der Waals surface area contributed by atoms with Crippen molar-refractivity contribution in [1.82, 2.24) is 10.1 Å². The van der Waals surface area contributed by atoms with Crippen molar-refractivity contribution >= 4 is 32.4 Å². The number of hydrogen-bond acceptors (Lipinski definition) is 4. The number of para-hydroxylation sites is 1. The molecule has 0 saturated heterocycles. The summed E-state index contributed by atoms with van der Waals surface area (Å²) >= 11 is 0. The molecule has 7 heteroatoms. The zero-order chi connectivity index (χ0) is 20.1. The molecule has 3 rings (SSSR count). The molecule has 0 fully saturated rings. The fourth-order valence-corrected chi connectivity index (χ4v) is 4.17. The third kappa shape index (κ3) is 4.68. The van der Waals surface area contributed by atoms with Crippen molar-refractivity contribution in [3.05, 3.63) is 72.8 Å². The summed E-state index contributed by atoms with van der Waals surface area (Å²) in [6, 6.07) is 20.6. The van der Waals surface area contributed by atoms with Gasteiger partial charge in [-0.2, -0.15) is 4.72 Å². The van der Waals surface area contributed by atoms with E-state index >= 15 is 0 Å². The SMILES string of the molecule is CC(C)[C@@H](NS(=O)(=O)c1ccc2ccccc2c1)C(=O)NNc1ccccc1. The Labute approximate surface area is 165 Å². The highest BCUT2D eigenvalue weighted by Gasteiger charge is 2.28. The molecule has 0 aliphatic heterocycles. The number of fused-ring (bicyclic) bond motifs is 1. The van der Waals surface area contributed by atoms with Crippen LogP contribution < -0.4 is 15.6 Å². The van der Waals surface area contributed by atoms with Crippen molar-refractivity contribution in [1.29, 1.82) is 0 Å². The van der Waals surface area contributed by atoms with Crippen molar-refractivity contribution in [2.45, 2.75) is 24.8 Å². The molecule has 3 aromatic carbocycles. The number of rotatable bonds is 7. The van der Waals surface area contributed by atoms with E-state index in [0.29, 0.717) is 5.69 Å². The third-order valence-corrected chi connectivity index (χ3v) is 5.81. The van der Waals surface area contributed by atoms with Crippen LogP contribution >= 0.6 is 0 Å². The van der Waals surface area contributed by atoms with Crippen LogP contribution in [0.15, 0.2) is 77.7 Å². The van der Waals surface area contributed by atoms with E-state index in [4.69, 9.17) is 0 Å². The van der Waals surface area contributed by atoms with Crippen LogP contribution in [-0.4, -0.2) is 20.4 Å². The minimum atomic E-state index is -3.86. The Morgan fingerprint density at radius 3 is 2.18 bits per heavy atom. The minimum Gasteiger partial charge on any atom is -0.299 e. The Morgan fingerprint density at radius 1 is 0.857 bits per heavy atom. The van der Waals surface area contributed by atoms with Crippen molar-refractivity contribution in [2.24, 2.45) is 5.92 Å². The lowest BCUT2D eigenvalue weighted by Crippen LogP contribution is -2.50. The van der Waals surface area contributed by atoms with E-state index in [1.165, 1.54) is 0 Å². The first-order valence-corrected chi connectivity index (χ1v) is 10.5. The molecule has 0 saturated carbocycles. The first-order valence-electron chi connectivity index (χ1n) is 8.99. The fraction of sp³-hybridized carbons (Fsp3) is 0.190. The monoisotopic (exact) mass is 397 g/mol. The Bertz CT molecular complexity index is 1070. The van der Waals surface area contributed by atoms with Crippen molar-refractivity contribution < 1.29 is 13.2 Å². The maximum atomic E-state index is 12.9. The molecule has 0 heterocycles. The van der Waals surface area contributed by atoms with Gasteiger partial charge in [0.15, 0.2) is 0 Å². The standard InChI is InChI=1S/C21H23N3O3S/c1-15(2)20(21(25)23-22-18-10-4-3-5-11-18)24-28(26,27)19-13-12-16-8-6-7-9-17(16)14-19/h3-15,20,22,24H,1-2H3,(H,23,25)/t20-/m1/s1. The summed E-state index contributed by atoms with van der Waals surface area (Å²) in [7, 11) is -3.86. The number of nitrogens with one attached hydrogen (secondary N) is 3. The highest BCUT2D eigenvalue weighted by Crippen LogP contribution is 2.19. The van der Waals surface area contributed by atoms with Crippen molar-refractivity contribution in [2.75, 3.05) is 5.43 Å². The van der Waals surface area contributed by atoms with E-state index in [1.54, 1.807) is 44.2 Å². The van der Waals surface area contributed by atoms with Gasteiger partial charge in [0.1, 0.15) is 6.04 Å². The largest absolute Gasteiger partial charge is 0.299 e. The van der Waals surface area contributed by atoms with Crippen molar-refractivity contribution in [3.63, 3.8) is 0 Å². The Kier molecular flexibility index (Phi) is 5.96. The van der Waals surface area contributed by atoms with Crippen LogP contribution in [0.25, 0.3) is 10.8 Å². The number of carbonyl (C=O) groups is 1. The lowest BCUT2D eigenvalue weighted by molar-refractivity contribution is -0.123. The summed E-state index contributed by atoms with van der Waals surface area (Å²) in [5.41, 5.74) is 6.07. The number of sulfonamides is 1. The minimum absolute atomic E-state index is 0.126. The average molecular weight is 398 g/mol. The van der Waals surface area contributed by atoms with Gasteiger partial charge in [-0.05, 0) is 41.0 Å². The topological polar surface area (TPSA) is 87.3 Å². The van der Waals surface area contributed by atoms with Crippen LogP contribution in [0.5, 0.6) is 0 Å². The number of anilines is 1. The van der Waals surface area contributed by atoms with E-state index in [0.717, 1.165) is 10.8 Å². The highest BCUT2D eigenvalue weighted by molar-refractivity contribution is 7.89. The van der Waals surface area contributed by atoms with Crippen LogP contribution in [0.2, 0.25) is 0 Å². The molecule has 3 aromatic rings. The molecule has 6 nitrogen and oxygen atoms in total. The molecule has 1 atom stereocenters. The van der Waals surface area contributed by atoms with E-state index < -0.39 is 22.0 Å². The van der Waals surface area contributed by atoms with Gasteiger partial charge < -0.3 is 0 Å². The van der Waals surface area contributed by atoms with Crippen LogP contribution in [0.3, 0.4) is 0 Å². The maximum absolute atomic E-state index is 12.9. The predicted molar refractivity (Wildman–Crippen MR) is 111 cm³/mol. The smallest absolute Gasteiger partial charge is 0.256 e. The zero-order valence-corrected chi connectivity index (χ0v) is 16.5. The second-order valence-electron chi connectivity index (χ2n) is 6.83. The number of hydrogen-bond donors (Lipinski definition) is 3. The molecule has 146 valence electrons. The molecular weight excluding hydrogens is 374 g/mol. The van der Waals surface area contributed by atoms with Gasteiger partial charge in [0, 0.05) is 0 Å². The molecule has 0 aliphatic rings. The summed E-state index contributed by atoms with van der Waals surface area (Å²) in [6.07, 6.45) is 0. The lowest BCUT2D eigenvalue weighted by Gasteiger charge is -2.22. The summed E-state index contributed by atoms with van der Waals surface area (Å²) in [4.78, 5) is 12.7. The Hall–Kier alpha value is -2.90. The molecule has 0 unspecified atom stereocenters. The summed E-state index contributed by atoms with van der Waals surface area (Å²) in [5.74, 6) is -0.698. The molecule has 3 N–H and O–H groups in total. The first kappa shape index (κ1) is 19.9. The van der Waals surface area contributed by atoms with Gasteiger partial charge in [0.05, 0.1) is 10.6 Å². The third-order valence-electron chi connectivity index (χ3n) is 4.37. The number of amides is 1. The molecule has 28 heavy (non-hydrogen) atoms. The van der Waals surface area contributed by atoms with Gasteiger partial charge in [-0.3, -0.25) is 15.6 Å². The van der Waals surface area contributed by atoms with Crippen LogP contribution in [0.4, 0.5) is 5.69 Å². The number of benzene rings is 3. The summed E-state index contributed by atoms with van der Waals surface area (Å²) in [5, 5.41) is 1.77. The van der Waals surface area contributed by atoms with E-state index in [1.807, 2.05) is 42.5 Å². The van der Waals surface area contributed by atoms with Gasteiger partial charge in [-0.25, -0.2) is 8.42 Å². The summed E-state index contributed by atoms with van der Waals surface area (Å²) < 4.78 is 28.2. The van der Waals surface area contributed by atoms with E-state index in [2.05, 4.69) is 15.6 Å². The normalized spacial score (nSPS) is 12.7. The quantitative estimate of drug-likeness (QED) is 0.534. The maximum Gasteiger partial charge on any atom is 0.256 e. The second-order valence-corrected chi connectivity index (χ2v) is 8.55. The number of hydrazine groups is 1. The molecule has 0 aliphatic carbocycles. The molecule has 0 aromatic heterocycles. The zero-order valence-electron chi connectivity index (χ0n) is 15.7. The fourth-order valence-electron chi connectivity index (χ4n) is 2.80. The summed E-state index contributed by atoms with van der Waals surface area (Å²) in [6.45, 7) is 3.57. The highest BCUT2D eigenvalue weighted by atomic mass is 32.2. The van der Waals surface area contributed by atoms with Gasteiger partial charge in [0.25, 0.3) is 5.91 Å². The second kappa shape index (κ2) is 8.41. The average Bonchev–Trinajstić information content (AvgIpc) is 2.70. The van der Waals surface area contributed by atoms with E-state index in [-0.39, 0.29) is 10.8 Å². The first-order chi connectivity index (χ1) is 13.4. The number of carbonyl (C=O) groups excluding carboxylic acids is 1. The van der Waals surface area contributed by atoms with Gasteiger partial charge in [-0.1, -0.05) is 62.4 Å². The Balaban J connectivity index is 1.77. The lowest BCUT2D eigenvalue weighted by atomic mass is 10.1. The van der Waals surface area contributed by atoms with Crippen LogP contribution in [0.1, 0.15) is 13.8 Å².